The van der Waals surface area contributed by atoms with E-state index in [4.69, 9.17) is 22.7 Å². The van der Waals surface area contributed by atoms with Crippen molar-refractivity contribution < 1.29 is 9.90 Å². The number of nitrogens with one attached hydrogen (secondary N) is 2. The normalized spacial score (nSPS) is 14.2. The van der Waals surface area contributed by atoms with Gasteiger partial charge < -0.3 is 21.6 Å². The van der Waals surface area contributed by atoms with Crippen molar-refractivity contribution in [2.24, 2.45) is 5.73 Å². The number of carbonyl (C=O) groups excluding carboxylic acids is 1. The summed E-state index contributed by atoms with van der Waals surface area (Å²) in [5.41, 5.74) is 9.10. The first-order chi connectivity index (χ1) is 16.5. The van der Waals surface area contributed by atoms with Gasteiger partial charge in [0, 0.05) is 57.7 Å². The fourth-order valence-corrected chi connectivity index (χ4v) is 5.13. The average molecular weight is 493 g/mol. The first-order valence-electron chi connectivity index (χ1n) is 10.9. The summed E-state index contributed by atoms with van der Waals surface area (Å²) in [4.78, 5) is 18.7. The molecule has 34 heavy (non-hydrogen) atoms. The Kier molecular flexibility index (Phi) is 7.57. The lowest BCUT2D eigenvalue weighted by Crippen LogP contribution is -2.38. The van der Waals surface area contributed by atoms with E-state index < -0.39 is 6.04 Å². The third-order valence-electron chi connectivity index (χ3n) is 5.63. The van der Waals surface area contributed by atoms with E-state index in [1.165, 1.54) is 11.3 Å². The van der Waals surface area contributed by atoms with Crippen LogP contribution in [0.1, 0.15) is 40.1 Å². The zero-order valence-electron chi connectivity index (χ0n) is 18.4. The number of benzene rings is 1. The van der Waals surface area contributed by atoms with Crippen molar-refractivity contribution in [2.75, 3.05) is 0 Å². The Balaban J connectivity index is 1.56. The number of aromatic nitrogens is 1. The number of halogens is 1. The van der Waals surface area contributed by atoms with Gasteiger partial charge in [-0.2, -0.15) is 0 Å². The lowest BCUT2D eigenvalue weighted by atomic mass is 9.92. The summed E-state index contributed by atoms with van der Waals surface area (Å²) in [6.45, 7) is 0.407. The second-order valence-electron chi connectivity index (χ2n) is 7.96. The monoisotopic (exact) mass is 492 g/mol. The summed E-state index contributed by atoms with van der Waals surface area (Å²) in [6, 6.07) is 12.3. The minimum atomic E-state index is -0.547. The molecule has 1 unspecified atom stereocenters. The Labute approximate surface area is 207 Å². The number of hydrogen-bond donors (Lipinski definition) is 4. The Hall–Kier alpha value is -3.26. The molecule has 0 aliphatic heterocycles. The molecule has 0 fully saturated rings. The molecular weight excluding hydrogens is 468 g/mol. The van der Waals surface area contributed by atoms with Crippen molar-refractivity contribution in [1.82, 2.24) is 10.3 Å². The lowest BCUT2D eigenvalue weighted by Gasteiger charge is -2.24. The second kappa shape index (κ2) is 10.8. The Bertz CT molecular complexity index is 1270. The molecule has 1 aromatic carbocycles. The van der Waals surface area contributed by atoms with Gasteiger partial charge in [0.15, 0.2) is 0 Å². The predicted octanol–water partition coefficient (Wildman–Crippen LogP) is 5.64. The van der Waals surface area contributed by atoms with Crippen LogP contribution in [0.15, 0.2) is 78.3 Å². The maximum atomic E-state index is 13.2. The van der Waals surface area contributed by atoms with E-state index >= 15 is 0 Å². The number of carbonyl (C=O) groups is 1. The molecule has 0 radical (unpaired) electrons. The molecule has 4 rings (SSSR count). The molecule has 1 amide bonds. The van der Waals surface area contributed by atoms with Crippen molar-refractivity contribution in [2.45, 2.75) is 31.8 Å². The summed E-state index contributed by atoms with van der Waals surface area (Å²) < 4.78 is 0. The fourth-order valence-electron chi connectivity index (χ4n) is 3.82. The van der Waals surface area contributed by atoms with E-state index in [-0.39, 0.29) is 18.1 Å². The highest BCUT2D eigenvalue weighted by atomic mass is 35.5. The van der Waals surface area contributed by atoms with Crippen LogP contribution >= 0.6 is 22.9 Å². The van der Waals surface area contributed by atoms with Crippen LogP contribution in [-0.4, -0.2) is 27.8 Å². The predicted molar refractivity (Wildman–Crippen MR) is 138 cm³/mol. The molecule has 1 aliphatic carbocycles. The minimum absolute atomic E-state index is 0.147. The number of nitrogens with zero attached hydrogens (tertiary/aromatic N) is 1. The van der Waals surface area contributed by atoms with Crippen LogP contribution in [0.4, 0.5) is 0 Å². The smallest absolute Gasteiger partial charge is 0.261 e. The highest BCUT2D eigenvalue weighted by Gasteiger charge is 2.25. The Morgan fingerprint density at radius 3 is 2.76 bits per heavy atom. The zero-order chi connectivity index (χ0) is 24.1. The SMILES string of the molecule is N=C(CC(NC(=O)c1ccc(-c2ccc(CN)cc2Cl)s1)C1=CCCC=C1O)c1cccnc1. The summed E-state index contributed by atoms with van der Waals surface area (Å²) in [5.74, 6) is -0.122. The standard InChI is InChI=1S/C26H25ClN4O2S/c27-20-12-16(14-28)7-8-18(20)24-9-10-25(34-24)26(33)31-22(19-5-1-2-6-23(19)32)13-21(29)17-4-3-11-30-15-17/h3-12,15,22,29,32H,1-2,13-14,28H2,(H,31,33). The summed E-state index contributed by atoms with van der Waals surface area (Å²) in [7, 11) is 0. The number of pyridine rings is 1. The van der Waals surface area contributed by atoms with Crippen LogP contribution in [0.2, 0.25) is 5.02 Å². The van der Waals surface area contributed by atoms with E-state index in [2.05, 4.69) is 10.3 Å². The number of allylic oxidation sites excluding steroid dienone is 2. The van der Waals surface area contributed by atoms with Crippen molar-refractivity contribution >= 4 is 34.6 Å². The summed E-state index contributed by atoms with van der Waals surface area (Å²) in [6.07, 6.45) is 8.69. The first-order valence-corrected chi connectivity index (χ1v) is 12.1. The third-order valence-corrected chi connectivity index (χ3v) is 7.06. The van der Waals surface area contributed by atoms with Gasteiger partial charge >= 0.3 is 0 Å². The molecule has 1 aliphatic rings. The third kappa shape index (κ3) is 5.44. The van der Waals surface area contributed by atoms with E-state index in [0.717, 1.165) is 28.8 Å². The molecule has 0 saturated carbocycles. The van der Waals surface area contributed by atoms with Crippen LogP contribution in [0.5, 0.6) is 0 Å². The average Bonchev–Trinajstić information content (AvgIpc) is 3.34. The summed E-state index contributed by atoms with van der Waals surface area (Å²) in [5, 5.41) is 22.6. The van der Waals surface area contributed by atoms with Gasteiger partial charge in [0.25, 0.3) is 5.91 Å². The number of aliphatic hydroxyl groups excluding tert-OH is 1. The van der Waals surface area contributed by atoms with Gasteiger partial charge in [0.1, 0.15) is 5.76 Å². The quantitative estimate of drug-likeness (QED) is 0.305. The maximum Gasteiger partial charge on any atom is 0.261 e. The number of thiophene rings is 1. The highest BCUT2D eigenvalue weighted by molar-refractivity contribution is 7.17. The zero-order valence-corrected chi connectivity index (χ0v) is 20.0. The Morgan fingerprint density at radius 2 is 2.06 bits per heavy atom. The van der Waals surface area contributed by atoms with Gasteiger partial charge in [-0.15, -0.1) is 11.3 Å². The van der Waals surface area contributed by atoms with E-state index in [0.29, 0.717) is 33.3 Å². The van der Waals surface area contributed by atoms with Gasteiger partial charge in [-0.05, 0) is 48.7 Å². The van der Waals surface area contributed by atoms with Crippen LogP contribution in [0.3, 0.4) is 0 Å². The molecule has 6 nitrogen and oxygen atoms in total. The highest BCUT2D eigenvalue weighted by Crippen LogP contribution is 2.34. The molecule has 0 spiro atoms. The molecule has 2 heterocycles. The summed E-state index contributed by atoms with van der Waals surface area (Å²) >= 11 is 7.77. The molecule has 2 aromatic heterocycles. The topological polar surface area (TPSA) is 112 Å². The molecule has 5 N–H and O–H groups in total. The molecule has 3 aromatic rings. The van der Waals surface area contributed by atoms with Crippen LogP contribution in [0.25, 0.3) is 10.4 Å². The number of aliphatic hydroxyl groups is 1. The Morgan fingerprint density at radius 1 is 1.24 bits per heavy atom. The van der Waals surface area contributed by atoms with Gasteiger partial charge in [-0.1, -0.05) is 35.9 Å². The van der Waals surface area contributed by atoms with Gasteiger partial charge in [-0.3, -0.25) is 9.78 Å². The number of rotatable bonds is 8. The van der Waals surface area contributed by atoms with Crippen LogP contribution < -0.4 is 11.1 Å². The number of hydrogen-bond acceptors (Lipinski definition) is 6. The van der Waals surface area contributed by atoms with Crippen LogP contribution in [-0.2, 0) is 6.54 Å². The van der Waals surface area contributed by atoms with E-state index in [1.54, 1.807) is 30.6 Å². The lowest BCUT2D eigenvalue weighted by molar-refractivity contribution is 0.0947. The van der Waals surface area contributed by atoms with Crippen molar-refractivity contribution in [1.29, 1.82) is 5.41 Å². The maximum absolute atomic E-state index is 13.2. The molecular formula is C26H25ClN4O2S. The molecule has 0 saturated heterocycles. The fraction of sp³-hybridized carbons (Fsp3) is 0.192. The minimum Gasteiger partial charge on any atom is -0.508 e. The number of amides is 1. The number of nitrogens with two attached hydrogens (primary N) is 1. The van der Waals surface area contributed by atoms with Gasteiger partial charge in [0.05, 0.1) is 10.9 Å². The molecule has 174 valence electrons. The van der Waals surface area contributed by atoms with Crippen molar-refractivity contribution in [3.8, 4) is 10.4 Å². The van der Waals surface area contributed by atoms with Crippen molar-refractivity contribution in [3.63, 3.8) is 0 Å². The van der Waals surface area contributed by atoms with Crippen molar-refractivity contribution in [3.05, 3.63) is 99.4 Å². The first kappa shape index (κ1) is 23.9. The second-order valence-corrected chi connectivity index (χ2v) is 9.45. The van der Waals surface area contributed by atoms with Gasteiger partial charge in [-0.25, -0.2) is 0 Å². The largest absolute Gasteiger partial charge is 0.508 e. The van der Waals surface area contributed by atoms with Gasteiger partial charge in [0.2, 0.25) is 0 Å². The molecule has 0 bridgehead atoms. The van der Waals surface area contributed by atoms with E-state index in [9.17, 15) is 9.90 Å². The van der Waals surface area contributed by atoms with E-state index in [1.807, 2.05) is 36.4 Å². The molecule has 8 heteroatoms. The van der Waals surface area contributed by atoms with Crippen LogP contribution in [0, 0.1) is 5.41 Å². The molecule has 1 atom stereocenters.